The third-order valence-corrected chi connectivity index (χ3v) is 6.47. The van der Waals surface area contributed by atoms with E-state index in [1.54, 1.807) is 6.08 Å². The van der Waals surface area contributed by atoms with Crippen LogP contribution in [0.5, 0.6) is 0 Å². The fourth-order valence-corrected chi connectivity index (χ4v) is 4.65. The number of carbonyl (C=O) groups is 2. The van der Waals surface area contributed by atoms with E-state index in [2.05, 4.69) is 27.4 Å². The summed E-state index contributed by atoms with van der Waals surface area (Å²) in [6.07, 6.45) is 2.36. The Morgan fingerprint density at radius 3 is 2.74 bits per heavy atom. The van der Waals surface area contributed by atoms with Crippen LogP contribution in [0.2, 0.25) is 0 Å². The quantitative estimate of drug-likeness (QED) is 0.631. The van der Waals surface area contributed by atoms with Crippen LogP contribution >= 0.6 is 0 Å². The van der Waals surface area contributed by atoms with E-state index in [4.69, 9.17) is 19.4 Å². The number of benzene rings is 1. The monoisotopic (exact) mass is 478 g/mol. The number of anilines is 2. The maximum Gasteiger partial charge on any atom is 0.333 e. The summed E-state index contributed by atoms with van der Waals surface area (Å²) in [5.74, 6) is 1.30. The summed E-state index contributed by atoms with van der Waals surface area (Å²) in [5.41, 5.74) is 4.57. The van der Waals surface area contributed by atoms with E-state index in [-0.39, 0.29) is 18.0 Å². The minimum atomic E-state index is -0.293. The Balaban J connectivity index is 1.48. The minimum absolute atomic E-state index is 0.209. The Labute approximate surface area is 204 Å². The highest BCUT2D eigenvalue weighted by atomic mass is 16.5. The Bertz CT molecular complexity index is 1150. The average Bonchev–Trinajstić information content (AvgIpc) is 3.30. The molecule has 3 aliphatic rings. The number of carbonyl (C=O) groups excluding carboxylic acids is 2. The molecular formula is C25H30N6O4. The normalized spacial score (nSPS) is 19.7. The van der Waals surface area contributed by atoms with Gasteiger partial charge in [0.1, 0.15) is 12.4 Å². The second-order valence-electron chi connectivity index (χ2n) is 8.89. The van der Waals surface area contributed by atoms with Gasteiger partial charge >= 0.3 is 12.0 Å². The van der Waals surface area contributed by atoms with Crippen molar-refractivity contribution in [1.29, 1.82) is 0 Å². The fourth-order valence-electron chi connectivity index (χ4n) is 4.65. The molecule has 1 saturated heterocycles. The lowest BCUT2D eigenvalue weighted by Crippen LogP contribution is -2.45. The fraction of sp³-hybridized carbons (Fsp3) is 0.440. The van der Waals surface area contributed by atoms with Crippen LogP contribution in [-0.4, -0.2) is 72.4 Å². The first-order chi connectivity index (χ1) is 17.0. The highest BCUT2D eigenvalue weighted by Gasteiger charge is 2.30. The van der Waals surface area contributed by atoms with E-state index in [0.29, 0.717) is 44.4 Å². The molecule has 0 bridgehead atoms. The van der Waals surface area contributed by atoms with Crippen LogP contribution in [0.1, 0.15) is 25.1 Å². The molecule has 4 heterocycles. The second-order valence-corrected chi connectivity index (χ2v) is 8.89. The summed E-state index contributed by atoms with van der Waals surface area (Å²) < 4.78 is 10.8. The van der Waals surface area contributed by atoms with Gasteiger partial charge in [0, 0.05) is 42.5 Å². The molecule has 1 fully saturated rings. The van der Waals surface area contributed by atoms with Gasteiger partial charge in [0.25, 0.3) is 0 Å². The van der Waals surface area contributed by atoms with Crippen LogP contribution in [0.4, 0.5) is 16.3 Å². The van der Waals surface area contributed by atoms with Crippen LogP contribution in [0.25, 0.3) is 11.4 Å². The highest BCUT2D eigenvalue weighted by molar-refractivity contribution is 5.89. The first-order valence-corrected chi connectivity index (χ1v) is 12.0. The van der Waals surface area contributed by atoms with Crippen molar-refractivity contribution in [2.24, 2.45) is 0 Å². The van der Waals surface area contributed by atoms with Crippen molar-refractivity contribution >= 4 is 23.5 Å². The predicted molar refractivity (Wildman–Crippen MR) is 131 cm³/mol. The van der Waals surface area contributed by atoms with Crippen LogP contribution in [-0.2, 0) is 27.2 Å². The van der Waals surface area contributed by atoms with Crippen LogP contribution in [0, 0.1) is 0 Å². The van der Waals surface area contributed by atoms with Crippen LogP contribution < -0.4 is 15.5 Å². The summed E-state index contributed by atoms with van der Waals surface area (Å²) in [5, 5.41) is 5.54. The van der Waals surface area contributed by atoms with Gasteiger partial charge in [0.15, 0.2) is 5.82 Å². The SMILES string of the molecule is CCNC(=O)Nc1ccc(-c2nc3c(c(N4CCOC[C@@H]4C)n2)CCN(C2=CC(=O)OC2)C3)cc1. The molecule has 0 aliphatic carbocycles. The third kappa shape index (κ3) is 4.93. The van der Waals surface area contributed by atoms with Crippen molar-refractivity contribution in [3.8, 4) is 11.4 Å². The maximum atomic E-state index is 11.8. The first-order valence-electron chi connectivity index (χ1n) is 12.0. The molecule has 2 aromatic rings. The summed E-state index contributed by atoms with van der Waals surface area (Å²) in [7, 11) is 0. The van der Waals surface area contributed by atoms with Gasteiger partial charge in [-0.15, -0.1) is 0 Å². The Morgan fingerprint density at radius 1 is 1.20 bits per heavy atom. The summed E-state index contributed by atoms with van der Waals surface area (Å²) in [4.78, 5) is 37.9. The van der Waals surface area contributed by atoms with Crippen molar-refractivity contribution in [3.63, 3.8) is 0 Å². The molecule has 35 heavy (non-hydrogen) atoms. The number of hydrogen-bond donors (Lipinski definition) is 2. The maximum absolute atomic E-state index is 11.8. The lowest BCUT2D eigenvalue weighted by Gasteiger charge is -2.38. The van der Waals surface area contributed by atoms with Gasteiger partial charge in [-0.2, -0.15) is 0 Å². The molecule has 0 spiro atoms. The molecule has 0 saturated carbocycles. The van der Waals surface area contributed by atoms with Crippen LogP contribution in [0.3, 0.4) is 0 Å². The Kier molecular flexibility index (Phi) is 6.54. The zero-order chi connectivity index (χ0) is 24.4. The summed E-state index contributed by atoms with van der Waals surface area (Å²) in [6, 6.07) is 7.51. The molecule has 3 aliphatic heterocycles. The van der Waals surface area contributed by atoms with Gasteiger partial charge in [-0.1, -0.05) is 0 Å². The molecule has 184 valence electrons. The number of hydrogen-bond acceptors (Lipinski definition) is 8. The largest absolute Gasteiger partial charge is 0.456 e. The number of rotatable bonds is 5. The van der Waals surface area contributed by atoms with Gasteiger partial charge in [-0.3, -0.25) is 0 Å². The van der Waals surface area contributed by atoms with E-state index >= 15 is 0 Å². The number of morpholine rings is 1. The van der Waals surface area contributed by atoms with Gasteiger partial charge in [0.2, 0.25) is 0 Å². The smallest absolute Gasteiger partial charge is 0.333 e. The number of esters is 1. The van der Waals surface area contributed by atoms with Crippen molar-refractivity contribution in [3.05, 3.63) is 47.3 Å². The van der Waals surface area contributed by atoms with Gasteiger partial charge in [-0.25, -0.2) is 19.6 Å². The average molecular weight is 479 g/mol. The van der Waals surface area contributed by atoms with Crippen molar-refractivity contribution in [2.75, 3.05) is 49.7 Å². The van der Waals surface area contributed by atoms with E-state index in [9.17, 15) is 9.59 Å². The molecule has 0 radical (unpaired) electrons. The number of cyclic esters (lactones) is 1. The Morgan fingerprint density at radius 2 is 2.03 bits per heavy atom. The molecule has 0 unspecified atom stereocenters. The number of nitrogens with zero attached hydrogens (tertiary/aromatic N) is 4. The topological polar surface area (TPSA) is 109 Å². The number of amides is 2. The standard InChI is InChI=1S/C25H30N6O4/c1-3-26-25(33)27-18-6-4-17(5-7-18)23-28-21-13-30(19-12-22(32)35-15-19)9-8-20(21)24(29-23)31-10-11-34-14-16(31)2/h4-7,12,16H,3,8-11,13-15H2,1-2H3,(H2,26,27,33)/t16-/m0/s1. The van der Waals surface area contributed by atoms with Crippen molar-refractivity contribution in [2.45, 2.75) is 32.9 Å². The van der Waals surface area contributed by atoms with E-state index in [1.165, 1.54) is 0 Å². The van der Waals surface area contributed by atoms with E-state index < -0.39 is 0 Å². The predicted octanol–water partition coefficient (Wildman–Crippen LogP) is 2.31. The highest BCUT2D eigenvalue weighted by Crippen LogP contribution is 2.33. The van der Waals surface area contributed by atoms with E-state index in [1.807, 2.05) is 31.2 Å². The molecule has 1 aromatic heterocycles. The molecule has 1 aromatic carbocycles. The van der Waals surface area contributed by atoms with Crippen molar-refractivity contribution < 1.29 is 19.1 Å². The zero-order valence-electron chi connectivity index (χ0n) is 20.0. The van der Waals surface area contributed by atoms with Gasteiger partial charge in [0.05, 0.1) is 37.2 Å². The Hall–Kier alpha value is -3.66. The molecular weight excluding hydrogens is 448 g/mol. The molecule has 10 heteroatoms. The molecule has 10 nitrogen and oxygen atoms in total. The second kappa shape index (κ2) is 9.91. The molecule has 2 amide bonds. The van der Waals surface area contributed by atoms with Gasteiger partial charge in [-0.05, 0) is 44.5 Å². The number of nitrogens with one attached hydrogen (secondary N) is 2. The lowest BCUT2D eigenvalue weighted by atomic mass is 10.0. The minimum Gasteiger partial charge on any atom is -0.456 e. The number of ether oxygens (including phenoxy) is 2. The van der Waals surface area contributed by atoms with Crippen molar-refractivity contribution in [1.82, 2.24) is 20.2 Å². The number of fused-ring (bicyclic) bond motifs is 1. The first kappa shape index (κ1) is 23.1. The molecule has 1 atom stereocenters. The molecule has 2 N–H and O–H groups in total. The number of urea groups is 1. The summed E-state index contributed by atoms with van der Waals surface area (Å²) in [6.45, 7) is 8.36. The summed E-state index contributed by atoms with van der Waals surface area (Å²) >= 11 is 0. The zero-order valence-corrected chi connectivity index (χ0v) is 20.0. The van der Waals surface area contributed by atoms with Gasteiger partial charge < -0.3 is 29.9 Å². The lowest BCUT2D eigenvalue weighted by molar-refractivity contribution is -0.135. The number of aromatic nitrogens is 2. The third-order valence-electron chi connectivity index (χ3n) is 6.47. The van der Waals surface area contributed by atoms with Crippen LogP contribution in [0.15, 0.2) is 36.0 Å². The molecule has 5 rings (SSSR count). The van der Waals surface area contributed by atoms with E-state index in [0.717, 1.165) is 47.8 Å².